The van der Waals surface area contributed by atoms with E-state index in [0.717, 1.165) is 38.0 Å². The summed E-state index contributed by atoms with van der Waals surface area (Å²) in [4.78, 5) is 28.9. The highest BCUT2D eigenvalue weighted by atomic mass is 16.5. The van der Waals surface area contributed by atoms with Crippen LogP contribution in [-0.4, -0.2) is 61.0 Å². The molecule has 5 rings (SSSR count). The Kier molecular flexibility index (Phi) is 6.58. The number of fused-ring (bicyclic) bond motifs is 3. The van der Waals surface area contributed by atoms with E-state index in [1.807, 2.05) is 38.1 Å². The van der Waals surface area contributed by atoms with Gasteiger partial charge in [-0.3, -0.25) is 4.79 Å². The van der Waals surface area contributed by atoms with Crippen molar-refractivity contribution in [2.45, 2.75) is 44.7 Å². The molecule has 182 valence electrons. The van der Waals surface area contributed by atoms with Crippen molar-refractivity contribution in [1.82, 2.24) is 20.4 Å². The van der Waals surface area contributed by atoms with Gasteiger partial charge >= 0.3 is 6.03 Å². The molecular weight excluding hydrogens is 428 g/mol. The van der Waals surface area contributed by atoms with Crippen LogP contribution in [0.4, 0.5) is 4.79 Å². The predicted molar refractivity (Wildman–Crippen MR) is 133 cm³/mol. The molecule has 3 aliphatic heterocycles. The first kappa shape index (κ1) is 24.1. The second-order valence-electron chi connectivity index (χ2n) is 10.5. The van der Waals surface area contributed by atoms with Crippen molar-refractivity contribution < 1.29 is 14.3 Å². The minimum Gasteiger partial charge on any atom is -0.457 e. The van der Waals surface area contributed by atoms with Crippen molar-refractivity contribution in [3.63, 3.8) is 0 Å². The molecule has 34 heavy (non-hydrogen) atoms. The van der Waals surface area contributed by atoms with Crippen molar-refractivity contribution in [3.8, 4) is 11.5 Å². The first-order valence-electron chi connectivity index (χ1n) is 12.0. The smallest absolute Gasteiger partial charge is 0.315 e. The molecule has 7 nitrogen and oxygen atoms in total. The molecule has 0 saturated carbocycles. The standard InChI is InChI=1S/C27H36N4O3/c1-26(2,28-25(33)29-27(3)18-31-16-14-21(27)15-17-31)20-8-12-23(13-9-20)34-22-10-6-19(7-11-22)24(32)30(4)5/h6-13,21H,14-18H2,1-5H3,(H2,28,29,33). The van der Waals surface area contributed by atoms with Gasteiger partial charge in [0.15, 0.2) is 0 Å². The van der Waals surface area contributed by atoms with E-state index in [1.165, 1.54) is 0 Å². The number of amides is 3. The highest BCUT2D eigenvalue weighted by Crippen LogP contribution is 2.35. The lowest BCUT2D eigenvalue weighted by Crippen LogP contribution is -2.67. The number of carbonyl (C=O) groups excluding carboxylic acids is 2. The van der Waals surface area contributed by atoms with Crippen LogP contribution in [0.2, 0.25) is 0 Å². The summed E-state index contributed by atoms with van der Waals surface area (Å²) in [6, 6.07) is 14.7. The van der Waals surface area contributed by atoms with Gasteiger partial charge in [-0.25, -0.2) is 4.79 Å². The van der Waals surface area contributed by atoms with Crippen LogP contribution in [0.15, 0.2) is 48.5 Å². The fraction of sp³-hybridized carbons (Fsp3) is 0.481. The summed E-state index contributed by atoms with van der Waals surface area (Å²) in [7, 11) is 3.46. The summed E-state index contributed by atoms with van der Waals surface area (Å²) < 4.78 is 5.94. The molecule has 3 amide bonds. The topological polar surface area (TPSA) is 73.9 Å². The zero-order valence-corrected chi connectivity index (χ0v) is 20.9. The fourth-order valence-corrected chi connectivity index (χ4v) is 5.11. The maximum Gasteiger partial charge on any atom is 0.315 e. The molecule has 0 aromatic heterocycles. The van der Waals surface area contributed by atoms with Gasteiger partial charge < -0.3 is 25.2 Å². The van der Waals surface area contributed by atoms with Crippen LogP contribution < -0.4 is 15.4 Å². The first-order chi connectivity index (χ1) is 16.1. The first-order valence-corrected chi connectivity index (χ1v) is 12.0. The Balaban J connectivity index is 1.36. The summed E-state index contributed by atoms with van der Waals surface area (Å²) in [5.41, 5.74) is 0.884. The van der Waals surface area contributed by atoms with Crippen LogP contribution in [-0.2, 0) is 5.54 Å². The van der Waals surface area contributed by atoms with Gasteiger partial charge in [0, 0.05) is 26.2 Å². The second-order valence-corrected chi connectivity index (χ2v) is 10.5. The third-order valence-corrected chi connectivity index (χ3v) is 7.18. The molecule has 2 N–H and O–H groups in total. The number of urea groups is 1. The SMILES string of the molecule is CN(C)C(=O)c1ccc(Oc2ccc(C(C)(C)NC(=O)NC3(C)CN4CCC3CC4)cc2)cc1. The lowest BCUT2D eigenvalue weighted by atomic mass is 9.74. The molecule has 0 spiro atoms. The number of benzene rings is 2. The summed E-state index contributed by atoms with van der Waals surface area (Å²) in [6.45, 7) is 9.37. The molecule has 0 radical (unpaired) electrons. The Morgan fingerprint density at radius 2 is 1.56 bits per heavy atom. The molecule has 3 saturated heterocycles. The zero-order chi connectivity index (χ0) is 24.5. The van der Waals surface area contributed by atoms with Crippen LogP contribution >= 0.6 is 0 Å². The van der Waals surface area contributed by atoms with E-state index < -0.39 is 5.54 Å². The van der Waals surface area contributed by atoms with Crippen molar-refractivity contribution >= 4 is 11.9 Å². The van der Waals surface area contributed by atoms with Crippen LogP contribution in [0.25, 0.3) is 0 Å². The maximum absolute atomic E-state index is 12.9. The van der Waals surface area contributed by atoms with E-state index >= 15 is 0 Å². The largest absolute Gasteiger partial charge is 0.457 e. The highest BCUT2D eigenvalue weighted by Gasteiger charge is 2.44. The number of ether oxygens (including phenoxy) is 1. The Hall–Kier alpha value is -3.06. The van der Waals surface area contributed by atoms with Gasteiger partial charge in [0.25, 0.3) is 5.91 Å². The molecule has 1 unspecified atom stereocenters. The maximum atomic E-state index is 12.9. The van der Waals surface area contributed by atoms with Gasteiger partial charge in [-0.15, -0.1) is 0 Å². The lowest BCUT2D eigenvalue weighted by molar-refractivity contribution is 0.0224. The summed E-state index contributed by atoms with van der Waals surface area (Å²) >= 11 is 0. The molecule has 3 fully saturated rings. The highest BCUT2D eigenvalue weighted by molar-refractivity contribution is 5.93. The Morgan fingerprint density at radius 3 is 2.06 bits per heavy atom. The predicted octanol–water partition coefficient (Wildman–Crippen LogP) is 4.20. The van der Waals surface area contributed by atoms with Gasteiger partial charge in [0.2, 0.25) is 0 Å². The van der Waals surface area contributed by atoms with E-state index in [1.54, 1.807) is 43.3 Å². The Morgan fingerprint density at radius 1 is 1.00 bits per heavy atom. The molecule has 3 aliphatic rings. The van der Waals surface area contributed by atoms with Crippen molar-refractivity contribution in [3.05, 3.63) is 59.7 Å². The molecular formula is C27H36N4O3. The van der Waals surface area contributed by atoms with Gasteiger partial charge in [-0.2, -0.15) is 0 Å². The van der Waals surface area contributed by atoms with Gasteiger partial charge in [-0.1, -0.05) is 12.1 Å². The van der Waals surface area contributed by atoms with E-state index in [2.05, 4.69) is 22.5 Å². The molecule has 2 aromatic rings. The van der Waals surface area contributed by atoms with Gasteiger partial charge in [0.05, 0.1) is 11.1 Å². The van der Waals surface area contributed by atoms with Gasteiger partial charge in [-0.05, 0) is 94.6 Å². The molecule has 1 atom stereocenters. The third-order valence-electron chi connectivity index (χ3n) is 7.18. The molecule has 3 heterocycles. The number of nitrogens with zero attached hydrogens (tertiary/aromatic N) is 2. The number of rotatable bonds is 6. The average Bonchev–Trinajstić information content (AvgIpc) is 2.79. The monoisotopic (exact) mass is 464 g/mol. The zero-order valence-electron chi connectivity index (χ0n) is 20.9. The lowest BCUT2D eigenvalue weighted by Gasteiger charge is -2.52. The minimum absolute atomic E-state index is 0.0443. The summed E-state index contributed by atoms with van der Waals surface area (Å²) in [6.07, 6.45) is 2.30. The van der Waals surface area contributed by atoms with Gasteiger partial charge in [0.1, 0.15) is 11.5 Å². The van der Waals surface area contributed by atoms with E-state index in [0.29, 0.717) is 23.0 Å². The van der Waals surface area contributed by atoms with Crippen molar-refractivity contribution in [2.75, 3.05) is 33.7 Å². The van der Waals surface area contributed by atoms with E-state index in [-0.39, 0.29) is 17.5 Å². The Bertz CT molecular complexity index is 1020. The third kappa shape index (κ3) is 5.20. The minimum atomic E-state index is -0.541. The second kappa shape index (κ2) is 9.29. The number of nitrogens with one attached hydrogen (secondary N) is 2. The normalized spacial score (nSPS) is 23.8. The van der Waals surface area contributed by atoms with Crippen LogP contribution in [0, 0.1) is 5.92 Å². The fourth-order valence-electron chi connectivity index (χ4n) is 5.11. The molecule has 7 heteroatoms. The number of piperidine rings is 3. The number of hydrogen-bond donors (Lipinski definition) is 2. The quantitative estimate of drug-likeness (QED) is 0.672. The van der Waals surface area contributed by atoms with Crippen molar-refractivity contribution in [1.29, 1.82) is 0 Å². The summed E-state index contributed by atoms with van der Waals surface area (Å²) in [5.74, 6) is 1.84. The van der Waals surface area contributed by atoms with E-state index in [9.17, 15) is 9.59 Å². The number of hydrogen-bond acceptors (Lipinski definition) is 4. The van der Waals surface area contributed by atoms with Crippen LogP contribution in [0.1, 0.15) is 49.5 Å². The van der Waals surface area contributed by atoms with E-state index in [4.69, 9.17) is 4.74 Å². The number of carbonyl (C=O) groups is 2. The molecule has 2 bridgehead atoms. The summed E-state index contributed by atoms with van der Waals surface area (Å²) in [5, 5.41) is 6.43. The Labute approximate surface area is 202 Å². The molecule has 0 aliphatic carbocycles. The van der Waals surface area contributed by atoms with Crippen LogP contribution in [0.5, 0.6) is 11.5 Å². The molecule has 2 aromatic carbocycles. The average molecular weight is 465 g/mol. The van der Waals surface area contributed by atoms with Crippen LogP contribution in [0.3, 0.4) is 0 Å². The van der Waals surface area contributed by atoms with Crippen molar-refractivity contribution in [2.24, 2.45) is 5.92 Å².